The fourth-order valence-corrected chi connectivity index (χ4v) is 3.53. The quantitative estimate of drug-likeness (QED) is 0.654. The maximum Gasteiger partial charge on any atom is 0.0900 e. The zero-order chi connectivity index (χ0) is 14.7. The molecule has 0 aliphatic carbocycles. The van der Waals surface area contributed by atoms with Gasteiger partial charge in [0.1, 0.15) is 0 Å². The van der Waals surface area contributed by atoms with Crippen molar-refractivity contribution in [3.63, 3.8) is 0 Å². The highest BCUT2D eigenvalue weighted by Gasteiger charge is 2.18. The molecule has 1 aromatic heterocycles. The molecule has 0 bridgehead atoms. The molecular weight excluding hydrogens is 266 g/mol. The summed E-state index contributed by atoms with van der Waals surface area (Å²) < 4.78 is 0. The second kappa shape index (κ2) is 6.48. The van der Waals surface area contributed by atoms with E-state index < -0.39 is 0 Å². The number of hydrogen-bond acceptors (Lipinski definition) is 4. The highest BCUT2D eigenvalue weighted by atomic mass is 32.1. The topological polar surface area (TPSA) is 50.9 Å². The van der Waals surface area contributed by atoms with E-state index in [0.717, 1.165) is 17.1 Å². The molecule has 1 unspecified atom stereocenters. The summed E-state index contributed by atoms with van der Waals surface area (Å²) in [4.78, 5) is 5.70. The summed E-state index contributed by atoms with van der Waals surface area (Å²) >= 11 is 1.71. The SMILES string of the molecule is Cc1nc(C)c(C(NN)c2cccc(CC(C)C)c2)s1. The van der Waals surface area contributed by atoms with E-state index in [1.807, 2.05) is 13.8 Å². The van der Waals surface area contributed by atoms with Crippen LogP contribution in [-0.2, 0) is 6.42 Å². The van der Waals surface area contributed by atoms with Gasteiger partial charge in [-0.1, -0.05) is 38.1 Å². The molecule has 3 nitrogen and oxygen atoms in total. The number of thiazole rings is 1. The number of nitrogens with two attached hydrogens (primary N) is 1. The minimum Gasteiger partial charge on any atom is -0.271 e. The van der Waals surface area contributed by atoms with Crippen LogP contribution >= 0.6 is 11.3 Å². The Labute approximate surface area is 125 Å². The maximum atomic E-state index is 5.80. The van der Waals surface area contributed by atoms with Crippen molar-refractivity contribution in [2.75, 3.05) is 0 Å². The molecule has 1 atom stereocenters. The Kier molecular flexibility index (Phi) is 4.91. The maximum absolute atomic E-state index is 5.80. The number of aromatic nitrogens is 1. The van der Waals surface area contributed by atoms with Gasteiger partial charge in [-0.05, 0) is 37.3 Å². The fourth-order valence-electron chi connectivity index (χ4n) is 2.51. The van der Waals surface area contributed by atoms with Crippen LogP contribution in [0.3, 0.4) is 0 Å². The van der Waals surface area contributed by atoms with Crippen molar-refractivity contribution in [1.29, 1.82) is 0 Å². The lowest BCUT2D eigenvalue weighted by molar-refractivity contribution is 0.631. The molecule has 0 aliphatic rings. The summed E-state index contributed by atoms with van der Waals surface area (Å²) in [5, 5.41) is 1.08. The largest absolute Gasteiger partial charge is 0.271 e. The molecule has 0 saturated heterocycles. The number of benzene rings is 1. The van der Waals surface area contributed by atoms with E-state index in [1.54, 1.807) is 11.3 Å². The van der Waals surface area contributed by atoms with Crippen LogP contribution in [-0.4, -0.2) is 4.98 Å². The summed E-state index contributed by atoms with van der Waals surface area (Å²) in [6, 6.07) is 8.69. The Morgan fingerprint density at radius 1 is 1.30 bits per heavy atom. The van der Waals surface area contributed by atoms with E-state index in [9.17, 15) is 0 Å². The van der Waals surface area contributed by atoms with Crippen LogP contribution < -0.4 is 11.3 Å². The zero-order valence-corrected chi connectivity index (χ0v) is 13.4. The Hall–Kier alpha value is -1.23. The van der Waals surface area contributed by atoms with Crippen molar-refractivity contribution >= 4 is 11.3 Å². The van der Waals surface area contributed by atoms with Crippen LogP contribution in [0.2, 0.25) is 0 Å². The normalized spacial score (nSPS) is 12.9. The molecule has 0 spiro atoms. The first-order valence-corrected chi connectivity index (χ1v) is 7.81. The number of aryl methyl sites for hydroxylation is 2. The Balaban J connectivity index is 2.34. The monoisotopic (exact) mass is 289 g/mol. The average molecular weight is 289 g/mol. The lowest BCUT2D eigenvalue weighted by atomic mass is 9.97. The first-order valence-electron chi connectivity index (χ1n) is 7.00. The predicted octanol–water partition coefficient (Wildman–Crippen LogP) is 3.51. The van der Waals surface area contributed by atoms with Crippen LogP contribution in [0.5, 0.6) is 0 Å². The van der Waals surface area contributed by atoms with E-state index in [4.69, 9.17) is 5.84 Å². The van der Waals surface area contributed by atoms with Gasteiger partial charge in [0.25, 0.3) is 0 Å². The van der Waals surface area contributed by atoms with Crippen LogP contribution in [0, 0.1) is 19.8 Å². The summed E-state index contributed by atoms with van der Waals surface area (Å²) in [7, 11) is 0. The zero-order valence-electron chi connectivity index (χ0n) is 12.6. The molecule has 1 aromatic carbocycles. The Morgan fingerprint density at radius 3 is 2.60 bits per heavy atom. The van der Waals surface area contributed by atoms with Gasteiger partial charge in [0.05, 0.1) is 21.6 Å². The van der Waals surface area contributed by atoms with Crippen molar-refractivity contribution in [2.45, 2.75) is 40.2 Å². The summed E-state index contributed by atoms with van der Waals surface area (Å²) in [6.07, 6.45) is 1.09. The minimum atomic E-state index is 0.0216. The summed E-state index contributed by atoms with van der Waals surface area (Å²) in [6.45, 7) is 8.55. The van der Waals surface area contributed by atoms with Gasteiger partial charge < -0.3 is 0 Å². The van der Waals surface area contributed by atoms with E-state index in [1.165, 1.54) is 16.0 Å². The molecule has 2 aromatic rings. The summed E-state index contributed by atoms with van der Waals surface area (Å²) in [5.41, 5.74) is 6.56. The summed E-state index contributed by atoms with van der Waals surface area (Å²) in [5.74, 6) is 6.45. The first kappa shape index (κ1) is 15.2. The first-order chi connectivity index (χ1) is 9.51. The van der Waals surface area contributed by atoms with Crippen molar-refractivity contribution in [3.05, 3.63) is 51.0 Å². The molecule has 2 rings (SSSR count). The number of nitrogens with one attached hydrogen (secondary N) is 1. The van der Waals surface area contributed by atoms with Crippen molar-refractivity contribution in [3.8, 4) is 0 Å². The highest BCUT2D eigenvalue weighted by molar-refractivity contribution is 7.11. The fraction of sp³-hybridized carbons (Fsp3) is 0.438. The molecule has 4 heteroatoms. The van der Waals surface area contributed by atoms with Gasteiger partial charge in [-0.15, -0.1) is 11.3 Å². The number of nitrogens with zero attached hydrogens (tertiary/aromatic N) is 1. The molecule has 0 amide bonds. The van der Waals surface area contributed by atoms with Gasteiger partial charge in [0, 0.05) is 0 Å². The third-order valence-corrected chi connectivity index (χ3v) is 4.43. The highest BCUT2D eigenvalue weighted by Crippen LogP contribution is 2.30. The van der Waals surface area contributed by atoms with Crippen LogP contribution in [0.15, 0.2) is 24.3 Å². The molecule has 0 saturated carbocycles. The van der Waals surface area contributed by atoms with Crippen molar-refractivity contribution in [2.24, 2.45) is 11.8 Å². The smallest absolute Gasteiger partial charge is 0.0900 e. The second-order valence-corrected chi connectivity index (χ2v) is 6.86. The van der Waals surface area contributed by atoms with Gasteiger partial charge >= 0.3 is 0 Å². The third-order valence-electron chi connectivity index (χ3n) is 3.30. The van der Waals surface area contributed by atoms with Crippen LogP contribution in [0.25, 0.3) is 0 Å². The van der Waals surface area contributed by atoms with E-state index in [0.29, 0.717) is 5.92 Å². The van der Waals surface area contributed by atoms with Gasteiger partial charge in [0.15, 0.2) is 0 Å². The molecule has 3 N–H and O–H groups in total. The number of hydrazine groups is 1. The van der Waals surface area contributed by atoms with Crippen molar-refractivity contribution < 1.29 is 0 Å². The van der Waals surface area contributed by atoms with Gasteiger partial charge in [-0.3, -0.25) is 5.84 Å². The van der Waals surface area contributed by atoms with Crippen LogP contribution in [0.4, 0.5) is 0 Å². The molecule has 20 heavy (non-hydrogen) atoms. The average Bonchev–Trinajstić information content (AvgIpc) is 2.69. The third kappa shape index (κ3) is 3.45. The molecule has 0 fully saturated rings. The van der Waals surface area contributed by atoms with E-state index >= 15 is 0 Å². The van der Waals surface area contributed by atoms with Gasteiger partial charge in [-0.25, -0.2) is 10.4 Å². The number of hydrogen-bond donors (Lipinski definition) is 2. The standard InChI is InChI=1S/C16H23N3S/c1-10(2)8-13-6-5-7-14(9-13)15(19-17)16-11(3)18-12(4)20-16/h5-7,9-10,15,19H,8,17H2,1-4H3. The minimum absolute atomic E-state index is 0.0216. The Bertz CT molecular complexity index is 575. The number of rotatable bonds is 5. The second-order valence-electron chi connectivity index (χ2n) is 5.63. The molecule has 0 radical (unpaired) electrons. The van der Waals surface area contributed by atoms with Crippen LogP contribution in [0.1, 0.15) is 46.6 Å². The van der Waals surface area contributed by atoms with E-state index in [-0.39, 0.29) is 6.04 Å². The molecular formula is C16H23N3S. The van der Waals surface area contributed by atoms with Gasteiger partial charge in [-0.2, -0.15) is 0 Å². The molecule has 108 valence electrons. The molecule has 0 aliphatic heterocycles. The van der Waals surface area contributed by atoms with Gasteiger partial charge in [0.2, 0.25) is 0 Å². The molecule has 1 heterocycles. The van der Waals surface area contributed by atoms with E-state index in [2.05, 4.69) is 48.5 Å². The lowest BCUT2D eigenvalue weighted by Crippen LogP contribution is -2.28. The lowest BCUT2D eigenvalue weighted by Gasteiger charge is -2.17. The van der Waals surface area contributed by atoms with Crippen molar-refractivity contribution in [1.82, 2.24) is 10.4 Å². The Morgan fingerprint density at radius 2 is 2.05 bits per heavy atom. The predicted molar refractivity (Wildman–Crippen MR) is 85.7 cm³/mol.